The highest BCUT2D eigenvalue weighted by atomic mass is 35.5. The van der Waals surface area contributed by atoms with Crippen LogP contribution >= 0.6 is 11.6 Å². The van der Waals surface area contributed by atoms with Crippen LogP contribution in [-0.4, -0.2) is 16.3 Å². The molecule has 0 fully saturated rings. The second kappa shape index (κ2) is 7.33. The van der Waals surface area contributed by atoms with E-state index in [1.54, 1.807) is 0 Å². The molecule has 0 aliphatic carbocycles. The molecule has 1 aliphatic heterocycles. The molecule has 1 aliphatic rings. The fourth-order valence-corrected chi connectivity index (χ4v) is 3.64. The molecule has 0 spiro atoms. The van der Waals surface area contributed by atoms with Gasteiger partial charge in [-0.2, -0.15) is 18.3 Å². The van der Waals surface area contributed by atoms with E-state index in [1.165, 1.54) is 16.8 Å². The Kier molecular flexibility index (Phi) is 4.98. The summed E-state index contributed by atoms with van der Waals surface area (Å²) in [5.74, 6) is -1.10. The van der Waals surface area contributed by atoms with Gasteiger partial charge in [0.1, 0.15) is 17.3 Å². The normalized spacial score (nSPS) is 14.3. The summed E-state index contributed by atoms with van der Waals surface area (Å²) in [7, 11) is 0. The Morgan fingerprint density at radius 2 is 1.83 bits per heavy atom. The van der Waals surface area contributed by atoms with Crippen molar-refractivity contribution in [3.05, 3.63) is 64.2 Å². The second-order valence-corrected chi connectivity index (χ2v) is 7.17. The van der Waals surface area contributed by atoms with E-state index in [2.05, 4.69) is 10.4 Å². The Hall–Kier alpha value is -2.61. The SMILES string of the molecule is Fc1ccc(-n2nc(-c3cc(C(F)(F)F)ccc3Cl)c3c2NCCCC3)c(F)c1. The fraction of sp³-hybridized carbons (Fsp3) is 0.250. The van der Waals surface area contributed by atoms with Crippen molar-refractivity contribution < 1.29 is 22.0 Å². The largest absolute Gasteiger partial charge is 0.416 e. The van der Waals surface area contributed by atoms with Gasteiger partial charge in [-0.25, -0.2) is 13.5 Å². The number of alkyl halides is 3. The van der Waals surface area contributed by atoms with E-state index in [1.807, 2.05) is 0 Å². The number of halogens is 6. The summed E-state index contributed by atoms with van der Waals surface area (Å²) in [5, 5.41) is 7.66. The average Bonchev–Trinajstić information content (AvgIpc) is 2.83. The van der Waals surface area contributed by atoms with E-state index in [0.29, 0.717) is 24.3 Å². The number of fused-ring (bicyclic) bond motifs is 1. The Balaban J connectivity index is 1.95. The fourth-order valence-electron chi connectivity index (χ4n) is 3.43. The number of hydrogen-bond donors (Lipinski definition) is 1. The van der Waals surface area contributed by atoms with Crippen LogP contribution in [0.1, 0.15) is 24.0 Å². The van der Waals surface area contributed by atoms with Crippen LogP contribution in [0.3, 0.4) is 0 Å². The highest BCUT2D eigenvalue weighted by molar-refractivity contribution is 6.33. The Morgan fingerprint density at radius 3 is 2.55 bits per heavy atom. The van der Waals surface area contributed by atoms with Crippen LogP contribution in [0.5, 0.6) is 0 Å². The molecule has 0 atom stereocenters. The van der Waals surface area contributed by atoms with Gasteiger partial charge in [-0.05, 0) is 49.6 Å². The molecule has 0 unspecified atom stereocenters. The van der Waals surface area contributed by atoms with Gasteiger partial charge < -0.3 is 5.32 Å². The number of nitrogens with one attached hydrogen (secondary N) is 1. The highest BCUT2D eigenvalue weighted by Crippen LogP contribution is 2.40. The molecule has 0 amide bonds. The van der Waals surface area contributed by atoms with Crippen molar-refractivity contribution in [2.45, 2.75) is 25.4 Å². The third-order valence-corrected chi connectivity index (χ3v) is 5.15. The van der Waals surface area contributed by atoms with Crippen LogP contribution < -0.4 is 5.32 Å². The van der Waals surface area contributed by atoms with Crippen LogP contribution in [0.4, 0.5) is 27.8 Å². The maximum atomic E-state index is 14.4. The van der Waals surface area contributed by atoms with Crippen LogP contribution in [0.15, 0.2) is 36.4 Å². The minimum atomic E-state index is -4.54. The van der Waals surface area contributed by atoms with E-state index < -0.39 is 23.4 Å². The molecule has 3 nitrogen and oxygen atoms in total. The lowest BCUT2D eigenvalue weighted by Gasteiger charge is -2.10. The first-order valence-electron chi connectivity index (χ1n) is 8.94. The third kappa shape index (κ3) is 3.69. The number of aromatic nitrogens is 2. The maximum absolute atomic E-state index is 14.4. The van der Waals surface area contributed by atoms with E-state index >= 15 is 0 Å². The molecule has 0 radical (unpaired) electrons. The lowest BCUT2D eigenvalue weighted by molar-refractivity contribution is -0.137. The average molecular weight is 428 g/mol. The van der Waals surface area contributed by atoms with Crippen molar-refractivity contribution in [1.82, 2.24) is 9.78 Å². The molecule has 29 heavy (non-hydrogen) atoms. The molecular formula is C20H15ClF5N3. The third-order valence-electron chi connectivity index (χ3n) is 4.82. The molecule has 0 saturated heterocycles. The van der Waals surface area contributed by atoms with Gasteiger partial charge in [0, 0.05) is 23.7 Å². The Labute approximate surface area is 168 Å². The molecule has 152 valence electrons. The Bertz CT molecular complexity index is 1070. The molecule has 1 N–H and O–H groups in total. The van der Waals surface area contributed by atoms with E-state index in [4.69, 9.17) is 11.6 Å². The number of rotatable bonds is 2. The monoisotopic (exact) mass is 427 g/mol. The lowest BCUT2D eigenvalue weighted by atomic mass is 10.0. The molecule has 3 aromatic rings. The van der Waals surface area contributed by atoms with Crippen LogP contribution in [0.25, 0.3) is 16.9 Å². The van der Waals surface area contributed by atoms with E-state index in [0.717, 1.165) is 37.1 Å². The first kappa shape index (κ1) is 19.7. The highest BCUT2D eigenvalue weighted by Gasteiger charge is 2.32. The lowest BCUT2D eigenvalue weighted by Crippen LogP contribution is -2.08. The van der Waals surface area contributed by atoms with Gasteiger partial charge in [0.05, 0.1) is 16.3 Å². The van der Waals surface area contributed by atoms with Gasteiger partial charge in [-0.1, -0.05) is 11.6 Å². The quantitative estimate of drug-likeness (QED) is 0.491. The summed E-state index contributed by atoms with van der Waals surface area (Å²) in [6, 6.07) is 6.09. The summed E-state index contributed by atoms with van der Waals surface area (Å²) >= 11 is 6.21. The van der Waals surface area contributed by atoms with Crippen molar-refractivity contribution in [2.75, 3.05) is 11.9 Å². The molecular weight excluding hydrogens is 413 g/mol. The molecule has 1 aromatic heterocycles. The predicted octanol–water partition coefficient (Wildman–Crippen LogP) is 6.24. The Morgan fingerprint density at radius 1 is 1.03 bits per heavy atom. The van der Waals surface area contributed by atoms with Crippen molar-refractivity contribution in [1.29, 1.82) is 0 Å². The summed E-state index contributed by atoms with van der Waals surface area (Å²) in [5.41, 5.74) is 0.144. The number of anilines is 1. The second-order valence-electron chi connectivity index (χ2n) is 6.76. The predicted molar refractivity (Wildman–Crippen MR) is 100 cm³/mol. The molecule has 2 heterocycles. The summed E-state index contributed by atoms with van der Waals surface area (Å²) < 4.78 is 68.7. The zero-order valence-corrected chi connectivity index (χ0v) is 15.7. The topological polar surface area (TPSA) is 29.9 Å². The minimum Gasteiger partial charge on any atom is -0.370 e. The minimum absolute atomic E-state index is 0.00796. The maximum Gasteiger partial charge on any atom is 0.416 e. The van der Waals surface area contributed by atoms with Gasteiger partial charge >= 0.3 is 6.18 Å². The van der Waals surface area contributed by atoms with Gasteiger partial charge in [0.25, 0.3) is 0 Å². The zero-order valence-electron chi connectivity index (χ0n) is 15.0. The van der Waals surface area contributed by atoms with Crippen molar-refractivity contribution in [2.24, 2.45) is 0 Å². The van der Waals surface area contributed by atoms with E-state index in [9.17, 15) is 22.0 Å². The van der Waals surface area contributed by atoms with Gasteiger partial charge in [-0.15, -0.1) is 0 Å². The summed E-state index contributed by atoms with van der Waals surface area (Å²) in [6.07, 6.45) is -2.40. The van der Waals surface area contributed by atoms with Gasteiger partial charge in [-0.3, -0.25) is 0 Å². The molecule has 9 heteroatoms. The van der Waals surface area contributed by atoms with Gasteiger partial charge in [0.2, 0.25) is 0 Å². The van der Waals surface area contributed by atoms with Crippen LogP contribution in [0, 0.1) is 11.6 Å². The van der Waals surface area contributed by atoms with Crippen molar-refractivity contribution in [3.63, 3.8) is 0 Å². The molecule has 0 saturated carbocycles. The summed E-state index contributed by atoms with van der Waals surface area (Å²) in [6.45, 7) is 0.595. The zero-order chi connectivity index (χ0) is 20.8. The first-order chi connectivity index (χ1) is 13.8. The summed E-state index contributed by atoms with van der Waals surface area (Å²) in [4.78, 5) is 0. The number of benzene rings is 2. The van der Waals surface area contributed by atoms with E-state index in [-0.39, 0.29) is 22.0 Å². The number of hydrogen-bond acceptors (Lipinski definition) is 2. The smallest absolute Gasteiger partial charge is 0.370 e. The first-order valence-corrected chi connectivity index (χ1v) is 9.32. The van der Waals surface area contributed by atoms with Crippen molar-refractivity contribution in [3.8, 4) is 16.9 Å². The molecule has 2 aromatic carbocycles. The number of nitrogens with zero attached hydrogens (tertiary/aromatic N) is 2. The van der Waals surface area contributed by atoms with Gasteiger partial charge in [0.15, 0.2) is 5.82 Å². The van der Waals surface area contributed by atoms with Crippen LogP contribution in [-0.2, 0) is 12.6 Å². The molecule has 0 bridgehead atoms. The van der Waals surface area contributed by atoms with Crippen molar-refractivity contribution >= 4 is 17.4 Å². The van der Waals surface area contributed by atoms with Crippen LogP contribution in [0.2, 0.25) is 5.02 Å². The standard InChI is InChI=1S/C20H15ClF5N3/c21-15-6-4-11(20(24,25)26)9-14(15)18-13-3-1-2-8-27-19(13)29(28-18)17-7-5-12(22)10-16(17)23/h4-7,9-10,27H,1-3,8H2. The molecule has 4 rings (SSSR count).